The molecule has 0 fully saturated rings. The largest absolute Gasteiger partial charge is 0.482 e. The van der Waals surface area contributed by atoms with Crippen LogP contribution in [0.15, 0.2) is 36.4 Å². The Kier molecular flexibility index (Phi) is 6.75. The summed E-state index contributed by atoms with van der Waals surface area (Å²) in [5.41, 5.74) is 5.41. The van der Waals surface area contributed by atoms with Crippen molar-refractivity contribution in [1.29, 1.82) is 0 Å². The minimum absolute atomic E-state index is 0.0856. The molecular formula is C27H31N3O3S. The standard InChI is InChI=1S/C27H31N3O3S/c1-15(2)20-8-7-9-21(16(3)4)27(20)29-24(31)13-30-22-12-19(26-17(5)34-18(6)28-26)10-11-23(22)33-14-25(30)32/h7-12,15-16H,13-14H2,1-6H3,(H,29,31). The molecule has 1 aliphatic rings. The topological polar surface area (TPSA) is 71.5 Å². The summed E-state index contributed by atoms with van der Waals surface area (Å²) in [5.74, 6) is 0.625. The molecule has 1 aromatic heterocycles. The van der Waals surface area contributed by atoms with Crippen LogP contribution in [0, 0.1) is 13.8 Å². The number of thiazole rings is 1. The number of ether oxygens (including phenoxy) is 1. The van der Waals surface area contributed by atoms with Gasteiger partial charge in [0, 0.05) is 16.1 Å². The lowest BCUT2D eigenvalue weighted by atomic mass is 9.92. The molecule has 0 atom stereocenters. The van der Waals surface area contributed by atoms with Crippen molar-refractivity contribution >= 4 is 34.5 Å². The summed E-state index contributed by atoms with van der Waals surface area (Å²) in [6.07, 6.45) is 0. The number of para-hydroxylation sites is 1. The maximum atomic E-state index is 13.2. The number of benzene rings is 2. The van der Waals surface area contributed by atoms with Gasteiger partial charge in [-0.1, -0.05) is 45.9 Å². The van der Waals surface area contributed by atoms with Gasteiger partial charge in [0.15, 0.2) is 6.61 Å². The van der Waals surface area contributed by atoms with Crippen LogP contribution in [-0.2, 0) is 9.59 Å². The molecule has 2 heterocycles. The summed E-state index contributed by atoms with van der Waals surface area (Å²) in [5, 5.41) is 4.10. The van der Waals surface area contributed by atoms with E-state index in [-0.39, 0.29) is 36.8 Å². The summed E-state index contributed by atoms with van der Waals surface area (Å²) >= 11 is 1.63. The molecule has 6 nitrogen and oxygen atoms in total. The van der Waals surface area contributed by atoms with E-state index in [1.807, 2.05) is 50.2 Å². The van der Waals surface area contributed by atoms with Gasteiger partial charge in [-0.15, -0.1) is 11.3 Å². The van der Waals surface area contributed by atoms with E-state index in [1.54, 1.807) is 11.3 Å². The first kappa shape index (κ1) is 24.0. The van der Waals surface area contributed by atoms with Crippen molar-refractivity contribution in [2.45, 2.75) is 53.4 Å². The van der Waals surface area contributed by atoms with Crippen molar-refractivity contribution in [1.82, 2.24) is 4.98 Å². The Balaban J connectivity index is 1.65. The van der Waals surface area contributed by atoms with Crippen LogP contribution in [0.1, 0.15) is 60.5 Å². The number of fused-ring (bicyclic) bond motifs is 1. The maximum Gasteiger partial charge on any atom is 0.265 e. The SMILES string of the molecule is Cc1nc(-c2ccc3c(c2)N(CC(=O)Nc2c(C(C)C)cccc2C(C)C)C(=O)CO3)c(C)s1. The number of carbonyl (C=O) groups excluding carboxylic acids is 2. The summed E-state index contributed by atoms with van der Waals surface area (Å²) in [4.78, 5) is 33.3. The van der Waals surface area contributed by atoms with Gasteiger partial charge in [-0.25, -0.2) is 4.98 Å². The van der Waals surface area contributed by atoms with Crippen LogP contribution in [0.3, 0.4) is 0 Å². The molecule has 3 aromatic rings. The van der Waals surface area contributed by atoms with Gasteiger partial charge in [0.25, 0.3) is 5.91 Å². The molecule has 0 aliphatic carbocycles. The van der Waals surface area contributed by atoms with Gasteiger partial charge in [-0.05, 0) is 55.0 Å². The zero-order chi connectivity index (χ0) is 24.6. The van der Waals surface area contributed by atoms with Crippen LogP contribution in [0.4, 0.5) is 11.4 Å². The third-order valence-electron chi connectivity index (χ3n) is 6.02. The van der Waals surface area contributed by atoms with Gasteiger partial charge in [0.2, 0.25) is 5.91 Å². The molecule has 0 saturated heterocycles. The van der Waals surface area contributed by atoms with Gasteiger partial charge >= 0.3 is 0 Å². The van der Waals surface area contributed by atoms with E-state index in [4.69, 9.17) is 4.74 Å². The normalized spacial score (nSPS) is 13.3. The molecular weight excluding hydrogens is 446 g/mol. The van der Waals surface area contributed by atoms with Crippen molar-refractivity contribution < 1.29 is 14.3 Å². The van der Waals surface area contributed by atoms with Crippen LogP contribution in [0.2, 0.25) is 0 Å². The monoisotopic (exact) mass is 477 g/mol. The van der Waals surface area contributed by atoms with Crippen LogP contribution in [-0.4, -0.2) is 29.9 Å². The molecule has 7 heteroatoms. The van der Waals surface area contributed by atoms with Crippen molar-refractivity contribution in [2.75, 3.05) is 23.4 Å². The first-order chi connectivity index (χ1) is 16.2. The summed E-state index contributed by atoms with van der Waals surface area (Å²) in [6.45, 7) is 12.3. The second kappa shape index (κ2) is 9.58. The summed E-state index contributed by atoms with van der Waals surface area (Å²) in [7, 11) is 0. The second-order valence-electron chi connectivity index (χ2n) is 9.26. The number of nitrogens with one attached hydrogen (secondary N) is 1. The van der Waals surface area contributed by atoms with Gasteiger partial charge in [-0.3, -0.25) is 14.5 Å². The number of rotatable bonds is 6. The summed E-state index contributed by atoms with van der Waals surface area (Å²) in [6, 6.07) is 11.8. The molecule has 0 unspecified atom stereocenters. The van der Waals surface area contributed by atoms with E-state index in [9.17, 15) is 9.59 Å². The predicted octanol–water partition coefficient (Wildman–Crippen LogP) is 6.04. The van der Waals surface area contributed by atoms with Crippen LogP contribution < -0.4 is 15.0 Å². The highest BCUT2D eigenvalue weighted by atomic mass is 32.1. The number of aromatic nitrogens is 1. The highest BCUT2D eigenvalue weighted by Gasteiger charge is 2.29. The van der Waals surface area contributed by atoms with E-state index >= 15 is 0 Å². The lowest BCUT2D eigenvalue weighted by Crippen LogP contribution is -2.43. The summed E-state index contributed by atoms with van der Waals surface area (Å²) < 4.78 is 5.65. The number of nitrogens with zero attached hydrogens (tertiary/aromatic N) is 2. The van der Waals surface area contributed by atoms with E-state index < -0.39 is 0 Å². The zero-order valence-corrected chi connectivity index (χ0v) is 21.4. The minimum Gasteiger partial charge on any atom is -0.482 e. The van der Waals surface area contributed by atoms with E-state index in [0.29, 0.717) is 11.4 Å². The average Bonchev–Trinajstić information content (AvgIpc) is 3.13. The Morgan fingerprint density at radius 1 is 1.12 bits per heavy atom. The molecule has 178 valence electrons. The Hall–Kier alpha value is -3.19. The molecule has 1 aliphatic heterocycles. The van der Waals surface area contributed by atoms with Crippen molar-refractivity contribution in [3.8, 4) is 17.0 Å². The molecule has 0 radical (unpaired) electrons. The van der Waals surface area contributed by atoms with E-state index in [0.717, 1.165) is 38.0 Å². The first-order valence-corrected chi connectivity index (χ1v) is 12.4. The fourth-order valence-corrected chi connectivity index (χ4v) is 5.18. The molecule has 0 saturated carbocycles. The molecule has 2 amide bonds. The van der Waals surface area contributed by atoms with Gasteiger partial charge in [0.05, 0.1) is 16.4 Å². The van der Waals surface area contributed by atoms with Gasteiger partial charge in [0.1, 0.15) is 12.3 Å². The Bertz CT molecular complexity index is 1220. The molecule has 4 rings (SSSR count). The zero-order valence-electron chi connectivity index (χ0n) is 20.6. The number of hydrogen-bond acceptors (Lipinski definition) is 5. The molecule has 0 bridgehead atoms. The van der Waals surface area contributed by atoms with Crippen LogP contribution in [0.5, 0.6) is 5.75 Å². The van der Waals surface area contributed by atoms with E-state index in [2.05, 4.69) is 38.0 Å². The number of amides is 2. The molecule has 1 N–H and O–H groups in total. The van der Waals surface area contributed by atoms with Gasteiger partial charge < -0.3 is 10.1 Å². The molecule has 0 spiro atoms. The number of aryl methyl sites for hydroxylation is 2. The quantitative estimate of drug-likeness (QED) is 0.470. The average molecular weight is 478 g/mol. The number of hydrogen-bond donors (Lipinski definition) is 1. The molecule has 34 heavy (non-hydrogen) atoms. The predicted molar refractivity (Wildman–Crippen MR) is 138 cm³/mol. The lowest BCUT2D eigenvalue weighted by molar-refractivity contribution is -0.123. The Morgan fingerprint density at radius 2 is 1.79 bits per heavy atom. The highest BCUT2D eigenvalue weighted by molar-refractivity contribution is 7.11. The minimum atomic E-state index is -0.243. The Labute approximate surface area is 205 Å². The highest BCUT2D eigenvalue weighted by Crippen LogP contribution is 2.38. The fraction of sp³-hybridized carbons (Fsp3) is 0.370. The van der Waals surface area contributed by atoms with Crippen molar-refractivity contribution in [3.05, 3.63) is 57.4 Å². The van der Waals surface area contributed by atoms with E-state index in [1.165, 1.54) is 4.90 Å². The van der Waals surface area contributed by atoms with Crippen molar-refractivity contribution in [3.63, 3.8) is 0 Å². The smallest absolute Gasteiger partial charge is 0.265 e. The second-order valence-corrected chi connectivity index (χ2v) is 10.7. The van der Waals surface area contributed by atoms with Crippen LogP contribution in [0.25, 0.3) is 11.3 Å². The van der Waals surface area contributed by atoms with Gasteiger partial charge in [-0.2, -0.15) is 0 Å². The maximum absolute atomic E-state index is 13.2. The lowest BCUT2D eigenvalue weighted by Gasteiger charge is -2.29. The third kappa shape index (κ3) is 4.71. The van der Waals surface area contributed by atoms with Crippen molar-refractivity contribution in [2.24, 2.45) is 0 Å². The first-order valence-electron chi connectivity index (χ1n) is 11.6. The molecule has 2 aromatic carbocycles. The van der Waals surface area contributed by atoms with Crippen LogP contribution >= 0.6 is 11.3 Å². The Morgan fingerprint density at radius 3 is 2.38 bits per heavy atom. The third-order valence-corrected chi connectivity index (χ3v) is 6.90. The number of anilines is 2. The number of carbonyl (C=O) groups is 2. The fourth-order valence-electron chi connectivity index (χ4n) is 4.34.